The molecule has 0 aliphatic heterocycles. The van der Waals surface area contributed by atoms with Crippen molar-refractivity contribution in [2.24, 2.45) is 0 Å². The normalized spacial score (nSPS) is 11.6. The standard InChI is InChI=1S/C16H13BN6O2/c1-10(6-18)22-14-5-15(20-9-13(14)17(24)25)16-3-2-12-4-11(7-19)8-21-23(12)16/h2-5,8-10,24-25H,1H3,(H,20,22)/t10-/m1/s1. The monoisotopic (exact) mass is 332 g/mol. The predicted molar refractivity (Wildman–Crippen MR) is 91.7 cm³/mol. The SMILES string of the molecule is C[C@H](C#N)Nc1cc(-c2ccc3cc(C#N)cnn23)ncc1B(O)O. The van der Waals surface area contributed by atoms with Gasteiger partial charge in [-0.15, -0.1) is 0 Å². The van der Waals surface area contributed by atoms with Crippen molar-refractivity contribution < 1.29 is 10.0 Å². The Morgan fingerprint density at radius 1 is 1.24 bits per heavy atom. The molecule has 0 radical (unpaired) electrons. The van der Waals surface area contributed by atoms with E-state index in [1.54, 1.807) is 29.6 Å². The minimum atomic E-state index is -1.71. The zero-order chi connectivity index (χ0) is 18.0. The largest absolute Gasteiger partial charge is 0.492 e. The summed E-state index contributed by atoms with van der Waals surface area (Å²) in [6.45, 7) is 1.66. The van der Waals surface area contributed by atoms with Crippen molar-refractivity contribution in [3.63, 3.8) is 0 Å². The molecule has 0 bridgehead atoms. The molecule has 3 N–H and O–H groups in total. The van der Waals surface area contributed by atoms with Gasteiger partial charge in [-0.1, -0.05) is 0 Å². The molecule has 3 heterocycles. The van der Waals surface area contributed by atoms with E-state index in [0.717, 1.165) is 5.52 Å². The minimum absolute atomic E-state index is 0.173. The summed E-state index contributed by atoms with van der Waals surface area (Å²) in [5, 5.41) is 44.1. The van der Waals surface area contributed by atoms with Crippen molar-refractivity contribution in [3.8, 4) is 23.5 Å². The Bertz CT molecular complexity index is 1020. The van der Waals surface area contributed by atoms with Crippen molar-refractivity contribution in [3.05, 3.63) is 42.2 Å². The summed E-state index contributed by atoms with van der Waals surface area (Å²) in [6, 6.07) is 10.5. The van der Waals surface area contributed by atoms with Crippen LogP contribution in [0.3, 0.4) is 0 Å². The molecule has 0 unspecified atom stereocenters. The Kier molecular flexibility index (Phi) is 4.35. The van der Waals surface area contributed by atoms with Crippen LogP contribution in [0.25, 0.3) is 16.9 Å². The molecule has 0 fully saturated rings. The zero-order valence-electron chi connectivity index (χ0n) is 13.2. The maximum Gasteiger partial charge on any atom is 0.492 e. The molecule has 3 rings (SSSR count). The van der Waals surface area contributed by atoms with Gasteiger partial charge >= 0.3 is 7.12 Å². The van der Waals surface area contributed by atoms with E-state index in [1.807, 2.05) is 18.2 Å². The van der Waals surface area contributed by atoms with Gasteiger partial charge in [0, 0.05) is 17.3 Å². The number of fused-ring (bicyclic) bond motifs is 1. The molecule has 8 nitrogen and oxygen atoms in total. The molecule has 3 aromatic rings. The Hall–Kier alpha value is -3.40. The predicted octanol–water partition coefficient (Wildman–Crippen LogP) is 0.272. The van der Waals surface area contributed by atoms with E-state index in [2.05, 4.69) is 15.4 Å². The van der Waals surface area contributed by atoms with Crippen LogP contribution in [-0.2, 0) is 0 Å². The quantitative estimate of drug-likeness (QED) is 0.585. The second kappa shape index (κ2) is 6.61. The van der Waals surface area contributed by atoms with Crippen molar-refractivity contribution >= 4 is 23.8 Å². The summed E-state index contributed by atoms with van der Waals surface area (Å²) in [5.41, 5.74) is 2.97. The molecule has 0 aliphatic carbocycles. The van der Waals surface area contributed by atoms with E-state index >= 15 is 0 Å². The summed E-state index contributed by atoms with van der Waals surface area (Å²) in [4.78, 5) is 4.26. The lowest BCUT2D eigenvalue weighted by Crippen LogP contribution is -2.34. The van der Waals surface area contributed by atoms with Crippen LogP contribution in [-0.4, -0.2) is 37.8 Å². The number of nitriles is 2. The van der Waals surface area contributed by atoms with Gasteiger partial charge in [0.1, 0.15) is 12.1 Å². The van der Waals surface area contributed by atoms with E-state index in [1.165, 1.54) is 12.4 Å². The molecule has 1 atom stereocenters. The van der Waals surface area contributed by atoms with Gasteiger partial charge in [-0.25, -0.2) is 4.52 Å². The number of hydrogen-bond acceptors (Lipinski definition) is 7. The average Bonchev–Trinajstić information content (AvgIpc) is 3.04. The van der Waals surface area contributed by atoms with E-state index < -0.39 is 13.2 Å². The molecule has 25 heavy (non-hydrogen) atoms. The van der Waals surface area contributed by atoms with Gasteiger partial charge in [0.15, 0.2) is 0 Å². The Morgan fingerprint density at radius 2 is 2.04 bits per heavy atom. The van der Waals surface area contributed by atoms with Gasteiger partial charge in [-0.05, 0) is 31.2 Å². The third-order valence-electron chi connectivity index (χ3n) is 3.67. The van der Waals surface area contributed by atoms with Crippen molar-refractivity contribution in [1.82, 2.24) is 14.6 Å². The fourth-order valence-electron chi connectivity index (χ4n) is 2.46. The van der Waals surface area contributed by atoms with Crippen LogP contribution < -0.4 is 10.8 Å². The van der Waals surface area contributed by atoms with Crippen molar-refractivity contribution in [2.45, 2.75) is 13.0 Å². The molecular weight excluding hydrogens is 319 g/mol. The minimum Gasteiger partial charge on any atom is -0.423 e. The van der Waals surface area contributed by atoms with Crippen molar-refractivity contribution in [2.75, 3.05) is 5.32 Å². The topological polar surface area (TPSA) is 130 Å². The molecule has 0 saturated carbocycles. The Balaban J connectivity index is 2.10. The first-order valence-corrected chi connectivity index (χ1v) is 7.44. The molecule has 122 valence electrons. The molecule has 0 saturated heterocycles. The fraction of sp³-hybridized carbons (Fsp3) is 0.125. The van der Waals surface area contributed by atoms with E-state index in [9.17, 15) is 10.0 Å². The van der Waals surface area contributed by atoms with Gasteiger partial charge in [0.2, 0.25) is 0 Å². The lowest BCUT2D eigenvalue weighted by molar-refractivity contribution is 0.426. The zero-order valence-corrected chi connectivity index (χ0v) is 13.2. The molecular formula is C16H13BN6O2. The van der Waals surface area contributed by atoms with Crippen molar-refractivity contribution in [1.29, 1.82) is 10.5 Å². The highest BCUT2D eigenvalue weighted by atomic mass is 16.4. The molecule has 0 spiro atoms. The number of aromatic nitrogens is 3. The first-order chi connectivity index (χ1) is 12.0. The van der Waals surface area contributed by atoms with Crippen LogP contribution in [0.1, 0.15) is 12.5 Å². The third-order valence-corrected chi connectivity index (χ3v) is 3.67. The maximum absolute atomic E-state index is 9.49. The van der Waals surface area contributed by atoms with E-state index in [0.29, 0.717) is 22.6 Å². The lowest BCUT2D eigenvalue weighted by Gasteiger charge is -2.14. The summed E-state index contributed by atoms with van der Waals surface area (Å²) in [5.74, 6) is 0. The first kappa shape index (κ1) is 16.5. The van der Waals surface area contributed by atoms with Gasteiger partial charge in [-0.3, -0.25) is 4.98 Å². The number of hydrogen-bond donors (Lipinski definition) is 3. The van der Waals surface area contributed by atoms with Gasteiger partial charge < -0.3 is 15.4 Å². The van der Waals surface area contributed by atoms with Gasteiger partial charge in [0.25, 0.3) is 0 Å². The number of nitrogens with one attached hydrogen (secondary N) is 1. The van der Waals surface area contributed by atoms with Gasteiger partial charge in [0.05, 0.1) is 34.7 Å². The van der Waals surface area contributed by atoms with Crippen LogP contribution in [0.15, 0.2) is 36.7 Å². The summed E-state index contributed by atoms with van der Waals surface area (Å²) in [7, 11) is -1.71. The average molecular weight is 332 g/mol. The summed E-state index contributed by atoms with van der Waals surface area (Å²) in [6.07, 6.45) is 2.80. The van der Waals surface area contributed by atoms with Crippen LogP contribution in [0.2, 0.25) is 0 Å². The van der Waals surface area contributed by atoms with Crippen LogP contribution >= 0.6 is 0 Å². The van der Waals surface area contributed by atoms with Crippen LogP contribution in [0.4, 0.5) is 5.69 Å². The highest BCUT2D eigenvalue weighted by molar-refractivity contribution is 6.60. The smallest absolute Gasteiger partial charge is 0.423 e. The molecule has 0 aliphatic rings. The molecule has 0 amide bonds. The first-order valence-electron chi connectivity index (χ1n) is 7.44. The summed E-state index contributed by atoms with van der Waals surface area (Å²) < 4.78 is 1.63. The highest BCUT2D eigenvalue weighted by Crippen LogP contribution is 2.22. The Morgan fingerprint density at radius 3 is 2.72 bits per heavy atom. The maximum atomic E-state index is 9.49. The number of nitrogens with zero attached hydrogens (tertiary/aromatic N) is 5. The second-order valence-electron chi connectivity index (χ2n) is 5.44. The van der Waals surface area contributed by atoms with Crippen LogP contribution in [0, 0.1) is 22.7 Å². The number of rotatable bonds is 4. The summed E-state index contributed by atoms with van der Waals surface area (Å²) >= 11 is 0. The fourth-order valence-corrected chi connectivity index (χ4v) is 2.46. The Labute approximate surface area is 143 Å². The molecule has 9 heteroatoms. The second-order valence-corrected chi connectivity index (χ2v) is 5.44. The van der Waals surface area contributed by atoms with Crippen LogP contribution in [0.5, 0.6) is 0 Å². The molecule has 3 aromatic heterocycles. The highest BCUT2D eigenvalue weighted by Gasteiger charge is 2.19. The third kappa shape index (κ3) is 3.15. The lowest BCUT2D eigenvalue weighted by atomic mass is 9.80. The van der Waals surface area contributed by atoms with Gasteiger partial charge in [-0.2, -0.15) is 15.6 Å². The van der Waals surface area contributed by atoms with E-state index in [4.69, 9.17) is 10.5 Å². The number of pyridine rings is 1. The number of anilines is 1. The molecule has 0 aromatic carbocycles. The van der Waals surface area contributed by atoms with E-state index in [-0.39, 0.29) is 5.46 Å².